The molecule has 0 aromatic heterocycles. The quantitative estimate of drug-likeness (QED) is 0.336. The monoisotopic (exact) mass is 420 g/mol. The molecule has 2 aromatic carbocycles. The first kappa shape index (κ1) is 21.6. The van der Waals surface area contributed by atoms with E-state index in [9.17, 15) is 24.5 Å². The summed E-state index contributed by atoms with van der Waals surface area (Å²) in [6, 6.07) is 8.38. The Morgan fingerprint density at radius 1 is 1.14 bits per heavy atom. The molecule has 1 atom stereocenters. The number of carbonyl (C=O) groups is 3. The molecule has 0 radical (unpaired) electrons. The Labute approximate surface area is 169 Å². The zero-order valence-corrected chi connectivity index (χ0v) is 15.7. The summed E-state index contributed by atoms with van der Waals surface area (Å²) in [5, 5.41) is 14.1. The van der Waals surface area contributed by atoms with E-state index in [4.69, 9.17) is 27.8 Å². The van der Waals surface area contributed by atoms with Crippen molar-refractivity contribution in [3.05, 3.63) is 74.3 Å². The molecule has 29 heavy (non-hydrogen) atoms. The maximum Gasteiger partial charge on any atom is 0.312 e. The number of nitrogens with two attached hydrogens (primary N) is 2. The van der Waals surface area contributed by atoms with Crippen LogP contribution in [0.5, 0.6) is 0 Å². The van der Waals surface area contributed by atoms with Gasteiger partial charge in [0.25, 0.3) is 5.69 Å². The van der Waals surface area contributed by atoms with Gasteiger partial charge in [-0.15, -0.1) is 0 Å². The van der Waals surface area contributed by atoms with Gasteiger partial charge in [-0.3, -0.25) is 19.7 Å². The summed E-state index contributed by atoms with van der Waals surface area (Å²) in [4.78, 5) is 45.1. The molecule has 0 aliphatic carbocycles. The number of ether oxygens (including phenoxy) is 1. The van der Waals surface area contributed by atoms with E-state index in [1.54, 1.807) is 24.3 Å². The van der Waals surface area contributed by atoms with Crippen LogP contribution < -0.4 is 16.8 Å². The summed E-state index contributed by atoms with van der Waals surface area (Å²) in [5.41, 5.74) is 10.5. The summed E-state index contributed by atoms with van der Waals surface area (Å²) in [6.07, 6.45) is -0.266. The third-order valence-corrected chi connectivity index (χ3v) is 4.17. The van der Waals surface area contributed by atoms with E-state index in [1.165, 1.54) is 12.1 Å². The summed E-state index contributed by atoms with van der Waals surface area (Å²) >= 11 is 5.83. The van der Waals surface area contributed by atoms with Crippen LogP contribution >= 0.6 is 11.6 Å². The Morgan fingerprint density at radius 3 is 2.34 bits per heavy atom. The third kappa shape index (κ3) is 6.18. The fraction of sp³-hybridized carbons (Fsp3) is 0.167. The largest absolute Gasteiger partial charge is 0.460 e. The first-order valence-corrected chi connectivity index (χ1v) is 8.59. The molecular weight excluding hydrogens is 404 g/mol. The highest BCUT2D eigenvalue weighted by atomic mass is 35.5. The number of nitro benzene ring substituents is 1. The molecule has 0 saturated carbocycles. The average Bonchev–Trinajstić information content (AvgIpc) is 2.65. The predicted octanol–water partition coefficient (Wildman–Crippen LogP) is 2.19. The average molecular weight is 421 g/mol. The molecule has 2 aromatic rings. The number of hydrogen-bond donors (Lipinski definition) is 3. The SMILES string of the molecule is NC(=O)NC(CC(=O)OCc1ccc(C(N)=O)cc1[N+](=O)[O-])c1ccc(Cl)cc1. The number of urea groups is 1. The number of esters is 1. The van der Waals surface area contributed by atoms with Crippen molar-refractivity contribution in [3.63, 3.8) is 0 Å². The van der Waals surface area contributed by atoms with Gasteiger partial charge in [0.15, 0.2) is 0 Å². The second kappa shape index (κ2) is 9.51. The Kier molecular flexibility index (Phi) is 7.10. The van der Waals surface area contributed by atoms with Crippen LogP contribution in [0.15, 0.2) is 42.5 Å². The molecule has 0 saturated heterocycles. The maximum absolute atomic E-state index is 12.2. The molecule has 0 fully saturated rings. The first-order chi connectivity index (χ1) is 13.7. The number of primary amides is 2. The standard InChI is InChI=1S/C18H17ClN4O6/c19-13-5-3-10(4-6-13)14(22-18(21)26)8-16(24)29-9-12-2-1-11(17(20)25)7-15(12)23(27)28/h1-7,14H,8-9H2,(H2,20,25)(H3,21,22,26). The minimum atomic E-state index is -0.838. The van der Waals surface area contributed by atoms with Crippen LogP contribution in [0.3, 0.4) is 0 Å². The van der Waals surface area contributed by atoms with E-state index in [2.05, 4.69) is 5.32 Å². The van der Waals surface area contributed by atoms with Gasteiger partial charge in [-0.25, -0.2) is 4.79 Å². The fourth-order valence-corrected chi connectivity index (χ4v) is 2.64. The number of carbonyl (C=O) groups excluding carboxylic acids is 3. The Morgan fingerprint density at radius 2 is 1.79 bits per heavy atom. The number of nitro groups is 1. The van der Waals surface area contributed by atoms with Gasteiger partial charge in [0.2, 0.25) is 5.91 Å². The number of benzene rings is 2. The molecule has 3 amide bonds. The normalized spacial score (nSPS) is 11.3. The first-order valence-electron chi connectivity index (χ1n) is 8.21. The van der Waals surface area contributed by atoms with E-state index in [0.29, 0.717) is 10.6 Å². The molecule has 5 N–H and O–H groups in total. The summed E-state index contributed by atoms with van der Waals surface area (Å²) in [7, 11) is 0. The summed E-state index contributed by atoms with van der Waals surface area (Å²) in [5.74, 6) is -1.55. The fourth-order valence-electron chi connectivity index (χ4n) is 2.51. The smallest absolute Gasteiger partial charge is 0.312 e. The van der Waals surface area contributed by atoms with Crippen molar-refractivity contribution in [2.45, 2.75) is 19.1 Å². The van der Waals surface area contributed by atoms with Crippen LogP contribution in [0.2, 0.25) is 5.02 Å². The van der Waals surface area contributed by atoms with Crippen molar-refractivity contribution in [2.75, 3.05) is 0 Å². The van der Waals surface area contributed by atoms with E-state index in [-0.39, 0.29) is 17.5 Å². The lowest BCUT2D eigenvalue weighted by molar-refractivity contribution is -0.385. The maximum atomic E-state index is 12.2. The number of nitrogens with zero attached hydrogens (tertiary/aromatic N) is 1. The van der Waals surface area contributed by atoms with E-state index in [0.717, 1.165) is 6.07 Å². The second-order valence-electron chi connectivity index (χ2n) is 5.94. The van der Waals surface area contributed by atoms with Gasteiger partial charge < -0.3 is 21.5 Å². The van der Waals surface area contributed by atoms with Crippen LogP contribution in [-0.2, 0) is 16.1 Å². The molecule has 0 heterocycles. The Bertz CT molecular complexity index is 948. The molecule has 0 aliphatic rings. The zero-order valence-electron chi connectivity index (χ0n) is 15.0. The molecular formula is C18H17ClN4O6. The lowest BCUT2D eigenvalue weighted by atomic mass is 10.0. The van der Waals surface area contributed by atoms with E-state index >= 15 is 0 Å². The minimum Gasteiger partial charge on any atom is -0.460 e. The number of hydrogen-bond acceptors (Lipinski definition) is 6. The van der Waals surface area contributed by atoms with Crippen molar-refractivity contribution in [3.8, 4) is 0 Å². The molecule has 152 valence electrons. The topological polar surface area (TPSA) is 168 Å². The molecule has 2 rings (SSSR count). The van der Waals surface area contributed by atoms with E-state index < -0.39 is 41.2 Å². The van der Waals surface area contributed by atoms with Crippen molar-refractivity contribution in [1.29, 1.82) is 0 Å². The molecule has 0 bridgehead atoms. The molecule has 0 aliphatic heterocycles. The van der Waals surface area contributed by atoms with Gasteiger partial charge >= 0.3 is 12.0 Å². The van der Waals surface area contributed by atoms with Crippen LogP contribution in [0.25, 0.3) is 0 Å². The van der Waals surface area contributed by atoms with Gasteiger partial charge in [-0.1, -0.05) is 23.7 Å². The molecule has 0 spiro atoms. The van der Waals surface area contributed by atoms with E-state index in [1.807, 2.05) is 0 Å². The minimum absolute atomic E-state index is 0.0414. The molecule has 1 unspecified atom stereocenters. The lowest BCUT2D eigenvalue weighted by Gasteiger charge is -2.17. The number of rotatable bonds is 8. The van der Waals surface area contributed by atoms with Gasteiger partial charge in [0.1, 0.15) is 6.61 Å². The number of halogens is 1. The van der Waals surface area contributed by atoms with Crippen molar-refractivity contribution in [1.82, 2.24) is 5.32 Å². The molecule has 10 nitrogen and oxygen atoms in total. The Hall–Kier alpha value is -3.66. The van der Waals surface area contributed by atoms with Crippen molar-refractivity contribution >= 4 is 35.2 Å². The summed E-state index contributed by atoms with van der Waals surface area (Å²) in [6.45, 7) is -0.405. The van der Waals surface area contributed by atoms with Gasteiger partial charge in [0.05, 0.1) is 22.9 Å². The number of amides is 3. The lowest BCUT2D eigenvalue weighted by Crippen LogP contribution is -2.34. The van der Waals surface area contributed by atoms with Crippen LogP contribution in [0.4, 0.5) is 10.5 Å². The predicted molar refractivity (Wildman–Crippen MR) is 103 cm³/mol. The summed E-state index contributed by atoms with van der Waals surface area (Å²) < 4.78 is 5.10. The van der Waals surface area contributed by atoms with Gasteiger partial charge in [-0.2, -0.15) is 0 Å². The highest BCUT2D eigenvalue weighted by molar-refractivity contribution is 6.30. The van der Waals surface area contributed by atoms with Crippen LogP contribution in [-0.4, -0.2) is 22.8 Å². The van der Waals surface area contributed by atoms with Crippen molar-refractivity contribution in [2.24, 2.45) is 11.5 Å². The van der Waals surface area contributed by atoms with Gasteiger partial charge in [-0.05, 0) is 29.8 Å². The highest BCUT2D eigenvalue weighted by Gasteiger charge is 2.21. The highest BCUT2D eigenvalue weighted by Crippen LogP contribution is 2.23. The molecule has 11 heteroatoms. The van der Waals surface area contributed by atoms with Gasteiger partial charge in [0, 0.05) is 16.7 Å². The second-order valence-corrected chi connectivity index (χ2v) is 6.38. The Balaban J connectivity index is 2.10. The van der Waals surface area contributed by atoms with Crippen molar-refractivity contribution < 1.29 is 24.0 Å². The third-order valence-electron chi connectivity index (χ3n) is 3.91. The number of nitrogens with one attached hydrogen (secondary N) is 1. The van der Waals surface area contributed by atoms with Crippen LogP contribution in [0, 0.1) is 10.1 Å². The van der Waals surface area contributed by atoms with Crippen LogP contribution in [0.1, 0.15) is 33.9 Å². The zero-order chi connectivity index (χ0) is 21.6.